The van der Waals surface area contributed by atoms with Crippen LogP contribution in [-0.2, 0) is 17.8 Å². The van der Waals surface area contributed by atoms with Crippen LogP contribution in [0.1, 0.15) is 5.56 Å². The molecule has 0 unspecified atom stereocenters. The van der Waals surface area contributed by atoms with Gasteiger partial charge in [0, 0.05) is 17.7 Å². The zero-order chi connectivity index (χ0) is 22.1. The number of benzene rings is 2. The van der Waals surface area contributed by atoms with Gasteiger partial charge in [-0.15, -0.1) is 0 Å². The predicted molar refractivity (Wildman–Crippen MR) is 112 cm³/mol. The van der Waals surface area contributed by atoms with Crippen LogP contribution in [0.2, 0.25) is 5.02 Å². The summed E-state index contributed by atoms with van der Waals surface area (Å²) in [6.45, 7) is -0.151. The maximum Gasteiger partial charge on any atom is 0.337 e. The highest BCUT2D eigenvalue weighted by Crippen LogP contribution is 2.19. The number of ether oxygens (including phenoxy) is 1. The lowest BCUT2D eigenvalue weighted by Gasteiger charge is -2.13. The Morgan fingerprint density at radius 2 is 1.74 bits per heavy atom. The maximum absolute atomic E-state index is 14.2. The van der Waals surface area contributed by atoms with E-state index < -0.39 is 22.9 Å². The van der Waals surface area contributed by atoms with Gasteiger partial charge in [-0.1, -0.05) is 17.7 Å². The molecule has 2 heterocycles. The first-order chi connectivity index (χ1) is 14.9. The molecule has 0 amide bonds. The Labute approximate surface area is 179 Å². The van der Waals surface area contributed by atoms with Gasteiger partial charge in [-0.25, -0.2) is 23.1 Å². The molecule has 0 aliphatic carbocycles. The van der Waals surface area contributed by atoms with Gasteiger partial charge in [-0.2, -0.15) is 0 Å². The van der Waals surface area contributed by atoms with Crippen LogP contribution in [0.5, 0.6) is 0 Å². The second kappa shape index (κ2) is 8.44. The number of hydrogen-bond acceptors (Lipinski definition) is 4. The second-order valence-electron chi connectivity index (χ2n) is 6.79. The molecule has 4 rings (SSSR count). The van der Waals surface area contributed by atoms with Gasteiger partial charge in [0.25, 0.3) is 5.56 Å². The second-order valence-corrected chi connectivity index (χ2v) is 7.23. The first-order valence-corrected chi connectivity index (χ1v) is 9.68. The Bertz CT molecular complexity index is 1360. The SMILES string of the molecule is COCCn1c(=O)c2c(ncn2Cc2c(F)cccc2F)n(-c2ccc(Cl)cc2)c1=O. The molecule has 0 bridgehead atoms. The fourth-order valence-electron chi connectivity index (χ4n) is 3.36. The first-order valence-electron chi connectivity index (χ1n) is 9.31. The Hall–Kier alpha value is -3.30. The van der Waals surface area contributed by atoms with Gasteiger partial charge >= 0.3 is 5.69 Å². The first kappa shape index (κ1) is 21.0. The van der Waals surface area contributed by atoms with E-state index in [2.05, 4.69) is 4.98 Å². The highest BCUT2D eigenvalue weighted by Gasteiger charge is 2.20. The molecule has 0 spiro atoms. The lowest BCUT2D eigenvalue weighted by molar-refractivity contribution is 0.184. The standard InChI is InChI=1S/C21H17ClF2N4O3/c1-31-10-9-27-20(29)18-19(28(21(27)30)14-7-5-13(22)6-8-14)25-12-26(18)11-15-16(23)3-2-4-17(15)24/h2-8,12H,9-11H2,1H3. The van der Waals surface area contributed by atoms with Crippen LogP contribution in [0.25, 0.3) is 16.9 Å². The van der Waals surface area contributed by atoms with Crippen molar-refractivity contribution in [2.45, 2.75) is 13.1 Å². The summed E-state index contributed by atoms with van der Waals surface area (Å²) in [6, 6.07) is 9.97. The molecular formula is C21H17ClF2N4O3. The normalized spacial score (nSPS) is 11.4. The van der Waals surface area contributed by atoms with Crippen molar-refractivity contribution in [2.24, 2.45) is 0 Å². The number of fused-ring (bicyclic) bond motifs is 1. The van der Waals surface area contributed by atoms with E-state index >= 15 is 0 Å². The molecule has 0 N–H and O–H groups in total. The van der Waals surface area contributed by atoms with Gasteiger partial charge in [-0.05, 0) is 36.4 Å². The summed E-state index contributed by atoms with van der Waals surface area (Å²) in [5.41, 5.74) is -0.909. The minimum absolute atomic E-state index is 0.00304. The maximum atomic E-state index is 14.2. The highest BCUT2D eigenvalue weighted by molar-refractivity contribution is 6.30. The van der Waals surface area contributed by atoms with Crippen molar-refractivity contribution < 1.29 is 13.5 Å². The van der Waals surface area contributed by atoms with Crippen LogP contribution in [0, 0.1) is 11.6 Å². The summed E-state index contributed by atoms with van der Waals surface area (Å²) in [6.07, 6.45) is 1.28. The summed E-state index contributed by atoms with van der Waals surface area (Å²) in [7, 11) is 1.45. The minimum atomic E-state index is -0.743. The van der Waals surface area contributed by atoms with Gasteiger partial charge in [0.2, 0.25) is 0 Å². The van der Waals surface area contributed by atoms with Crippen LogP contribution in [0.3, 0.4) is 0 Å². The monoisotopic (exact) mass is 446 g/mol. The van der Waals surface area contributed by atoms with Gasteiger partial charge in [-0.3, -0.25) is 9.36 Å². The molecule has 160 valence electrons. The fraction of sp³-hybridized carbons (Fsp3) is 0.190. The molecule has 0 radical (unpaired) electrons. The summed E-state index contributed by atoms with van der Waals surface area (Å²) < 4.78 is 37.0. The molecule has 7 nitrogen and oxygen atoms in total. The molecule has 0 aliphatic rings. The molecule has 0 atom stereocenters. The average molecular weight is 447 g/mol. The molecule has 2 aromatic heterocycles. The summed E-state index contributed by atoms with van der Waals surface area (Å²) in [4.78, 5) is 30.5. The molecule has 0 fully saturated rings. The lowest BCUT2D eigenvalue weighted by atomic mass is 10.2. The Morgan fingerprint density at radius 3 is 2.39 bits per heavy atom. The van der Waals surface area contributed by atoms with E-state index in [0.29, 0.717) is 10.7 Å². The van der Waals surface area contributed by atoms with Crippen molar-refractivity contribution in [3.63, 3.8) is 0 Å². The number of methoxy groups -OCH3 is 1. The third kappa shape index (κ3) is 3.77. The van der Waals surface area contributed by atoms with Crippen LogP contribution in [0.4, 0.5) is 8.78 Å². The fourth-order valence-corrected chi connectivity index (χ4v) is 3.48. The largest absolute Gasteiger partial charge is 0.383 e. The van der Waals surface area contributed by atoms with Crippen LogP contribution in [-0.4, -0.2) is 32.4 Å². The van der Waals surface area contributed by atoms with Crippen molar-refractivity contribution in [2.75, 3.05) is 13.7 Å². The van der Waals surface area contributed by atoms with Crippen molar-refractivity contribution in [3.05, 3.63) is 91.9 Å². The van der Waals surface area contributed by atoms with Gasteiger partial charge < -0.3 is 9.30 Å². The van der Waals surface area contributed by atoms with E-state index in [4.69, 9.17) is 16.3 Å². The quantitative estimate of drug-likeness (QED) is 0.456. The van der Waals surface area contributed by atoms with E-state index in [-0.39, 0.29) is 36.4 Å². The average Bonchev–Trinajstić information content (AvgIpc) is 3.16. The molecule has 4 aromatic rings. The number of hydrogen-bond donors (Lipinski definition) is 0. The number of rotatable bonds is 6. The van der Waals surface area contributed by atoms with Crippen molar-refractivity contribution >= 4 is 22.8 Å². The molecule has 0 saturated heterocycles. The van der Waals surface area contributed by atoms with Gasteiger partial charge in [0.1, 0.15) is 11.6 Å². The number of imidazole rings is 1. The van der Waals surface area contributed by atoms with Crippen LogP contribution >= 0.6 is 11.6 Å². The van der Waals surface area contributed by atoms with Gasteiger partial charge in [0.05, 0.1) is 31.7 Å². The zero-order valence-electron chi connectivity index (χ0n) is 16.4. The highest BCUT2D eigenvalue weighted by atomic mass is 35.5. The summed E-state index contributed by atoms with van der Waals surface area (Å²) in [5.74, 6) is -1.49. The molecule has 0 saturated carbocycles. The topological polar surface area (TPSA) is 71.1 Å². The number of nitrogens with zero attached hydrogens (tertiary/aromatic N) is 4. The summed E-state index contributed by atoms with van der Waals surface area (Å²) in [5, 5.41) is 0.473. The Kier molecular flexibility index (Phi) is 5.71. The molecular weight excluding hydrogens is 430 g/mol. The van der Waals surface area contributed by atoms with Crippen LogP contribution < -0.4 is 11.2 Å². The molecule has 10 heteroatoms. The van der Waals surface area contributed by atoms with E-state index in [1.165, 1.54) is 28.6 Å². The molecule has 0 aliphatic heterocycles. The van der Waals surface area contributed by atoms with Crippen molar-refractivity contribution in [1.82, 2.24) is 18.7 Å². The minimum Gasteiger partial charge on any atom is -0.383 e. The van der Waals surface area contributed by atoms with Gasteiger partial charge in [0.15, 0.2) is 11.2 Å². The zero-order valence-corrected chi connectivity index (χ0v) is 17.1. The third-order valence-electron chi connectivity index (χ3n) is 4.89. The Morgan fingerprint density at radius 1 is 1.06 bits per heavy atom. The van der Waals surface area contributed by atoms with E-state index in [1.54, 1.807) is 24.3 Å². The molecule has 2 aromatic carbocycles. The van der Waals surface area contributed by atoms with Crippen LogP contribution in [0.15, 0.2) is 58.4 Å². The van der Waals surface area contributed by atoms with Crippen molar-refractivity contribution in [1.29, 1.82) is 0 Å². The van der Waals surface area contributed by atoms with E-state index in [1.807, 2.05) is 0 Å². The van der Waals surface area contributed by atoms with Crippen molar-refractivity contribution in [3.8, 4) is 5.69 Å². The lowest BCUT2D eigenvalue weighted by Crippen LogP contribution is -2.41. The summed E-state index contributed by atoms with van der Waals surface area (Å²) >= 11 is 5.96. The third-order valence-corrected chi connectivity index (χ3v) is 5.15. The Balaban J connectivity index is 1.99. The van der Waals surface area contributed by atoms with E-state index in [9.17, 15) is 18.4 Å². The predicted octanol–water partition coefficient (Wildman–Crippen LogP) is 2.98. The van der Waals surface area contributed by atoms with E-state index in [0.717, 1.165) is 16.7 Å². The smallest absolute Gasteiger partial charge is 0.337 e. The number of aromatic nitrogens is 4. The molecule has 31 heavy (non-hydrogen) atoms. The number of halogens is 3.